The molecule has 0 radical (unpaired) electrons. The Morgan fingerprint density at radius 3 is 2.26 bits per heavy atom. The van der Waals surface area contributed by atoms with Crippen molar-refractivity contribution in [3.8, 4) is 5.75 Å². The second-order valence-electron chi connectivity index (χ2n) is 5.85. The first-order valence-electron chi connectivity index (χ1n) is 8.20. The molecule has 1 aliphatic heterocycles. The van der Waals surface area contributed by atoms with E-state index in [4.69, 9.17) is 10.5 Å². The molecule has 0 aromatic heterocycles. The third-order valence-electron chi connectivity index (χ3n) is 4.60. The summed E-state index contributed by atoms with van der Waals surface area (Å²) in [6.07, 6.45) is 0. The van der Waals surface area contributed by atoms with E-state index in [9.17, 15) is 0 Å². The number of piperazine rings is 1. The van der Waals surface area contributed by atoms with Gasteiger partial charge in [0.05, 0.1) is 13.2 Å². The van der Waals surface area contributed by atoms with E-state index in [1.807, 2.05) is 12.1 Å². The molecule has 2 N–H and O–H groups in total. The van der Waals surface area contributed by atoms with Crippen molar-refractivity contribution in [3.63, 3.8) is 0 Å². The molecule has 4 heteroatoms. The Labute approximate surface area is 138 Å². The Hall–Kier alpha value is -2.04. The first-order valence-corrected chi connectivity index (χ1v) is 8.20. The number of nitrogens with two attached hydrogens (primary N) is 1. The Bertz CT molecular complexity index is 609. The lowest BCUT2D eigenvalue weighted by Crippen LogP contribution is -2.49. The van der Waals surface area contributed by atoms with Gasteiger partial charge in [-0.3, -0.25) is 4.90 Å². The van der Waals surface area contributed by atoms with Crippen molar-refractivity contribution in [2.45, 2.75) is 6.04 Å². The maximum atomic E-state index is 6.09. The number of anilines is 1. The molecular formula is C19H25N3O. The van der Waals surface area contributed by atoms with Crippen LogP contribution in [0.2, 0.25) is 0 Å². The van der Waals surface area contributed by atoms with E-state index in [1.54, 1.807) is 7.11 Å². The van der Waals surface area contributed by atoms with Gasteiger partial charge in [0.2, 0.25) is 0 Å². The molecule has 2 aromatic carbocycles. The first kappa shape index (κ1) is 15.8. The highest BCUT2D eigenvalue weighted by Crippen LogP contribution is 2.29. The number of ether oxygens (including phenoxy) is 1. The summed E-state index contributed by atoms with van der Waals surface area (Å²) in [7, 11) is 1.72. The van der Waals surface area contributed by atoms with Gasteiger partial charge in [-0.15, -0.1) is 0 Å². The van der Waals surface area contributed by atoms with Crippen molar-refractivity contribution < 1.29 is 4.74 Å². The molecule has 0 spiro atoms. The molecule has 0 unspecified atom stereocenters. The van der Waals surface area contributed by atoms with Crippen molar-refractivity contribution in [2.24, 2.45) is 5.73 Å². The number of benzene rings is 2. The highest BCUT2D eigenvalue weighted by Gasteiger charge is 2.26. The van der Waals surface area contributed by atoms with E-state index in [0.29, 0.717) is 6.54 Å². The number of rotatable bonds is 5. The van der Waals surface area contributed by atoms with Gasteiger partial charge in [-0.2, -0.15) is 0 Å². The molecule has 0 saturated carbocycles. The summed E-state index contributed by atoms with van der Waals surface area (Å²) in [5.41, 5.74) is 8.58. The highest BCUT2D eigenvalue weighted by atomic mass is 16.5. The monoisotopic (exact) mass is 311 g/mol. The quantitative estimate of drug-likeness (QED) is 0.921. The van der Waals surface area contributed by atoms with Crippen molar-refractivity contribution in [1.29, 1.82) is 0 Å². The van der Waals surface area contributed by atoms with Crippen molar-refractivity contribution >= 4 is 5.69 Å². The third-order valence-corrected chi connectivity index (χ3v) is 4.60. The predicted octanol–water partition coefficient (Wildman–Crippen LogP) is 2.52. The van der Waals surface area contributed by atoms with Crippen molar-refractivity contribution in [2.75, 3.05) is 44.7 Å². The summed E-state index contributed by atoms with van der Waals surface area (Å²) in [5.74, 6) is 0.924. The molecule has 0 amide bonds. The zero-order valence-electron chi connectivity index (χ0n) is 13.7. The maximum absolute atomic E-state index is 6.09. The lowest BCUT2D eigenvalue weighted by Gasteiger charge is -2.40. The van der Waals surface area contributed by atoms with Gasteiger partial charge >= 0.3 is 0 Å². The first-order chi connectivity index (χ1) is 11.3. The summed E-state index contributed by atoms with van der Waals surface area (Å²) >= 11 is 0. The minimum Gasteiger partial charge on any atom is -0.496 e. The van der Waals surface area contributed by atoms with Crippen LogP contribution in [0.4, 0.5) is 5.69 Å². The molecule has 1 aliphatic rings. The van der Waals surface area contributed by atoms with Gasteiger partial charge < -0.3 is 15.4 Å². The molecule has 23 heavy (non-hydrogen) atoms. The van der Waals surface area contributed by atoms with Gasteiger partial charge in [-0.25, -0.2) is 0 Å². The fourth-order valence-electron chi connectivity index (χ4n) is 3.35. The molecule has 0 aliphatic carbocycles. The SMILES string of the molecule is COc1ccccc1[C@H](CN)N1CCN(c2ccccc2)CC1. The summed E-state index contributed by atoms with van der Waals surface area (Å²) in [4.78, 5) is 4.91. The van der Waals surface area contributed by atoms with Gasteiger partial charge in [0.25, 0.3) is 0 Å². The minimum absolute atomic E-state index is 0.212. The molecular weight excluding hydrogens is 286 g/mol. The van der Waals surface area contributed by atoms with Crippen molar-refractivity contribution in [1.82, 2.24) is 4.90 Å². The van der Waals surface area contributed by atoms with Crippen LogP contribution in [0.15, 0.2) is 54.6 Å². The van der Waals surface area contributed by atoms with Crippen LogP contribution < -0.4 is 15.4 Å². The average Bonchev–Trinajstić information content (AvgIpc) is 2.64. The van der Waals surface area contributed by atoms with Gasteiger partial charge in [0, 0.05) is 44.0 Å². The lowest BCUT2D eigenvalue weighted by atomic mass is 10.0. The van der Waals surface area contributed by atoms with E-state index in [1.165, 1.54) is 11.3 Å². The normalized spacial score (nSPS) is 17.0. The Morgan fingerprint density at radius 1 is 0.957 bits per heavy atom. The standard InChI is InChI=1S/C19H25N3O/c1-23-19-10-6-5-9-17(19)18(15-20)22-13-11-21(12-14-22)16-7-3-2-4-8-16/h2-10,18H,11-15,20H2,1H3/t18-/m0/s1. The van der Waals surface area contributed by atoms with Crippen LogP contribution in [0.3, 0.4) is 0 Å². The molecule has 1 atom stereocenters. The van der Waals surface area contributed by atoms with Gasteiger partial charge in [0.15, 0.2) is 0 Å². The zero-order chi connectivity index (χ0) is 16.1. The second-order valence-corrected chi connectivity index (χ2v) is 5.85. The minimum atomic E-state index is 0.212. The van der Waals surface area contributed by atoms with Crippen LogP contribution in [0.5, 0.6) is 5.75 Å². The molecule has 1 heterocycles. The molecule has 0 bridgehead atoms. The highest BCUT2D eigenvalue weighted by molar-refractivity contribution is 5.46. The number of methoxy groups -OCH3 is 1. The van der Waals surface area contributed by atoms with Crippen LogP contribution in [0.1, 0.15) is 11.6 Å². The number of nitrogens with zero attached hydrogens (tertiary/aromatic N) is 2. The summed E-state index contributed by atoms with van der Waals surface area (Å²) < 4.78 is 5.52. The third kappa shape index (κ3) is 3.49. The zero-order valence-corrected chi connectivity index (χ0v) is 13.7. The largest absolute Gasteiger partial charge is 0.496 e. The van der Waals surface area contributed by atoms with Crippen LogP contribution in [0.25, 0.3) is 0 Å². The molecule has 122 valence electrons. The topological polar surface area (TPSA) is 41.7 Å². The van der Waals surface area contributed by atoms with E-state index in [0.717, 1.165) is 31.9 Å². The summed E-state index contributed by atoms with van der Waals surface area (Å²) in [5, 5.41) is 0. The van der Waals surface area contributed by atoms with E-state index >= 15 is 0 Å². The van der Waals surface area contributed by atoms with Crippen LogP contribution in [0, 0.1) is 0 Å². The Kier molecular flexibility index (Phi) is 5.16. The van der Waals surface area contributed by atoms with E-state index in [2.05, 4.69) is 52.3 Å². The molecule has 4 nitrogen and oxygen atoms in total. The molecule has 1 saturated heterocycles. The Morgan fingerprint density at radius 2 is 1.61 bits per heavy atom. The molecule has 3 rings (SSSR count). The summed E-state index contributed by atoms with van der Waals surface area (Å²) in [6, 6.07) is 19.0. The van der Waals surface area contributed by atoms with Gasteiger partial charge in [-0.1, -0.05) is 36.4 Å². The number of hydrogen-bond donors (Lipinski definition) is 1. The van der Waals surface area contributed by atoms with Crippen LogP contribution in [-0.2, 0) is 0 Å². The fraction of sp³-hybridized carbons (Fsp3) is 0.368. The van der Waals surface area contributed by atoms with E-state index < -0.39 is 0 Å². The Balaban J connectivity index is 1.70. The van der Waals surface area contributed by atoms with Crippen LogP contribution in [-0.4, -0.2) is 44.7 Å². The van der Waals surface area contributed by atoms with Gasteiger partial charge in [-0.05, 0) is 18.2 Å². The molecule has 1 fully saturated rings. The number of para-hydroxylation sites is 2. The second kappa shape index (κ2) is 7.49. The number of hydrogen-bond acceptors (Lipinski definition) is 4. The summed E-state index contributed by atoms with van der Waals surface area (Å²) in [6.45, 7) is 4.67. The smallest absolute Gasteiger partial charge is 0.123 e. The van der Waals surface area contributed by atoms with Gasteiger partial charge in [0.1, 0.15) is 5.75 Å². The predicted molar refractivity (Wildman–Crippen MR) is 95.0 cm³/mol. The fourth-order valence-corrected chi connectivity index (χ4v) is 3.35. The average molecular weight is 311 g/mol. The van der Waals surface area contributed by atoms with Crippen LogP contribution >= 0.6 is 0 Å². The lowest BCUT2D eigenvalue weighted by molar-refractivity contribution is 0.187. The van der Waals surface area contributed by atoms with E-state index in [-0.39, 0.29) is 6.04 Å². The maximum Gasteiger partial charge on any atom is 0.123 e. The van der Waals surface area contributed by atoms with Crippen molar-refractivity contribution in [3.05, 3.63) is 60.2 Å². The molecule has 2 aromatic rings.